The van der Waals surface area contributed by atoms with Crippen LogP contribution in [0.5, 0.6) is 5.75 Å². The quantitative estimate of drug-likeness (QED) is 0.731. The van der Waals surface area contributed by atoms with Crippen molar-refractivity contribution in [2.45, 2.75) is 12.8 Å². The summed E-state index contributed by atoms with van der Waals surface area (Å²) in [4.78, 5) is 22.0. The van der Waals surface area contributed by atoms with E-state index in [1.165, 1.54) is 7.11 Å². The van der Waals surface area contributed by atoms with Gasteiger partial charge in [-0.3, -0.25) is 9.59 Å². The van der Waals surface area contributed by atoms with Crippen molar-refractivity contribution >= 4 is 11.9 Å². The number of aliphatic carboxylic acids is 1. The number of ether oxygens (including phenoxy) is 1. The average molecular weight is 237 g/mol. The Morgan fingerprint density at radius 1 is 1.35 bits per heavy atom. The van der Waals surface area contributed by atoms with Crippen LogP contribution in [0.4, 0.5) is 0 Å². The van der Waals surface area contributed by atoms with Crippen LogP contribution in [-0.2, 0) is 4.79 Å². The molecule has 0 radical (unpaired) electrons. The van der Waals surface area contributed by atoms with Gasteiger partial charge in [0.25, 0.3) is 5.91 Å². The fourth-order valence-corrected chi connectivity index (χ4v) is 1.37. The summed E-state index contributed by atoms with van der Waals surface area (Å²) in [6.07, 6.45) is 0.461. The Balaban J connectivity index is 2.49. The van der Waals surface area contributed by atoms with E-state index in [9.17, 15) is 9.59 Å². The van der Waals surface area contributed by atoms with Crippen molar-refractivity contribution in [1.82, 2.24) is 5.32 Å². The highest BCUT2D eigenvalue weighted by Crippen LogP contribution is 2.16. The number of carboxylic acid groups (broad SMARTS) is 1. The Kier molecular flexibility index (Phi) is 5.00. The normalized spacial score (nSPS) is 9.71. The monoisotopic (exact) mass is 237 g/mol. The zero-order chi connectivity index (χ0) is 12.7. The molecule has 0 bridgehead atoms. The Bertz CT molecular complexity index is 403. The minimum absolute atomic E-state index is 0.0478. The Hall–Kier alpha value is -2.04. The SMILES string of the molecule is COc1ccccc1C(=O)NCCCC(=O)O. The third-order valence-electron chi connectivity index (χ3n) is 2.20. The number of carbonyl (C=O) groups excluding carboxylic acids is 1. The first-order valence-electron chi connectivity index (χ1n) is 5.28. The molecule has 0 aliphatic carbocycles. The highest BCUT2D eigenvalue weighted by atomic mass is 16.5. The van der Waals surface area contributed by atoms with Gasteiger partial charge in [0.1, 0.15) is 5.75 Å². The van der Waals surface area contributed by atoms with Crippen LogP contribution in [-0.4, -0.2) is 30.6 Å². The molecule has 5 nitrogen and oxygen atoms in total. The van der Waals surface area contributed by atoms with Crippen LogP contribution < -0.4 is 10.1 Å². The minimum Gasteiger partial charge on any atom is -0.496 e. The molecule has 1 amide bonds. The van der Waals surface area contributed by atoms with Crippen LogP contribution in [0.15, 0.2) is 24.3 Å². The molecule has 1 aromatic carbocycles. The molecule has 0 aliphatic heterocycles. The van der Waals surface area contributed by atoms with Gasteiger partial charge in [-0.2, -0.15) is 0 Å². The average Bonchev–Trinajstić information content (AvgIpc) is 2.34. The van der Waals surface area contributed by atoms with Gasteiger partial charge >= 0.3 is 5.97 Å². The van der Waals surface area contributed by atoms with Crippen molar-refractivity contribution in [2.75, 3.05) is 13.7 Å². The van der Waals surface area contributed by atoms with Gasteiger partial charge in [0.05, 0.1) is 12.7 Å². The molecule has 0 spiro atoms. The number of methoxy groups -OCH3 is 1. The van der Waals surface area contributed by atoms with Gasteiger partial charge in [0.15, 0.2) is 0 Å². The summed E-state index contributed by atoms with van der Waals surface area (Å²) in [7, 11) is 1.50. The Morgan fingerprint density at radius 2 is 2.06 bits per heavy atom. The van der Waals surface area contributed by atoms with Crippen molar-refractivity contribution in [3.63, 3.8) is 0 Å². The van der Waals surface area contributed by atoms with Gasteiger partial charge in [0, 0.05) is 13.0 Å². The third kappa shape index (κ3) is 4.14. The molecular formula is C12H15NO4. The molecule has 1 aromatic rings. The molecule has 0 aliphatic rings. The molecule has 92 valence electrons. The molecule has 0 unspecified atom stereocenters. The summed E-state index contributed by atoms with van der Waals surface area (Å²) in [6.45, 7) is 0.336. The van der Waals surface area contributed by atoms with Crippen molar-refractivity contribution in [1.29, 1.82) is 0 Å². The first-order valence-corrected chi connectivity index (χ1v) is 5.28. The number of para-hydroxylation sites is 1. The van der Waals surface area contributed by atoms with E-state index in [-0.39, 0.29) is 12.3 Å². The molecule has 17 heavy (non-hydrogen) atoms. The van der Waals surface area contributed by atoms with Gasteiger partial charge in [0.2, 0.25) is 0 Å². The zero-order valence-electron chi connectivity index (χ0n) is 9.60. The summed E-state index contributed by atoms with van der Waals surface area (Å²) in [5, 5.41) is 11.1. The van der Waals surface area contributed by atoms with E-state index >= 15 is 0 Å². The lowest BCUT2D eigenvalue weighted by Gasteiger charge is -2.08. The maximum Gasteiger partial charge on any atom is 0.303 e. The van der Waals surface area contributed by atoms with Gasteiger partial charge in [-0.05, 0) is 18.6 Å². The standard InChI is InChI=1S/C12H15NO4/c1-17-10-6-3-2-5-9(10)12(16)13-8-4-7-11(14)15/h2-3,5-6H,4,7-8H2,1H3,(H,13,16)(H,14,15). The van der Waals surface area contributed by atoms with Crippen LogP contribution in [0.25, 0.3) is 0 Å². The summed E-state index contributed by atoms with van der Waals surface area (Å²) in [6, 6.07) is 6.88. The van der Waals surface area contributed by atoms with Gasteiger partial charge in [-0.25, -0.2) is 0 Å². The van der Waals surface area contributed by atoms with Crippen molar-refractivity contribution < 1.29 is 19.4 Å². The van der Waals surface area contributed by atoms with Crippen molar-refractivity contribution in [2.24, 2.45) is 0 Å². The fraction of sp³-hybridized carbons (Fsp3) is 0.333. The number of hydrogen-bond acceptors (Lipinski definition) is 3. The largest absolute Gasteiger partial charge is 0.496 e. The minimum atomic E-state index is -0.864. The number of amides is 1. The van der Waals surface area contributed by atoms with E-state index < -0.39 is 5.97 Å². The number of carboxylic acids is 1. The molecule has 2 N–H and O–H groups in total. The number of carbonyl (C=O) groups is 2. The maximum absolute atomic E-state index is 11.7. The topological polar surface area (TPSA) is 75.6 Å². The molecule has 1 rings (SSSR count). The van der Waals surface area contributed by atoms with Gasteiger partial charge in [-0.15, -0.1) is 0 Å². The summed E-state index contributed by atoms with van der Waals surface area (Å²) in [5.74, 6) is -0.618. The number of benzene rings is 1. The highest BCUT2D eigenvalue weighted by molar-refractivity contribution is 5.96. The third-order valence-corrected chi connectivity index (χ3v) is 2.20. The van der Waals surface area contributed by atoms with Crippen LogP contribution in [0.2, 0.25) is 0 Å². The summed E-state index contributed by atoms with van der Waals surface area (Å²) >= 11 is 0. The summed E-state index contributed by atoms with van der Waals surface area (Å²) < 4.78 is 5.06. The van der Waals surface area contributed by atoms with E-state index in [0.717, 1.165) is 0 Å². The Labute approximate surface area is 99.4 Å². The lowest BCUT2D eigenvalue weighted by atomic mass is 10.2. The highest BCUT2D eigenvalue weighted by Gasteiger charge is 2.10. The van der Waals surface area contributed by atoms with E-state index in [4.69, 9.17) is 9.84 Å². The second-order valence-corrected chi connectivity index (χ2v) is 3.45. The molecule has 0 fully saturated rings. The maximum atomic E-state index is 11.7. The van der Waals surface area contributed by atoms with Crippen LogP contribution in [0.1, 0.15) is 23.2 Å². The lowest BCUT2D eigenvalue weighted by Crippen LogP contribution is -2.25. The van der Waals surface area contributed by atoms with E-state index in [0.29, 0.717) is 24.3 Å². The lowest BCUT2D eigenvalue weighted by molar-refractivity contribution is -0.137. The first-order chi connectivity index (χ1) is 8.15. The second kappa shape index (κ2) is 6.52. The molecular weight excluding hydrogens is 222 g/mol. The molecule has 0 heterocycles. The Morgan fingerprint density at radius 3 is 2.71 bits per heavy atom. The first kappa shape index (κ1) is 13.0. The number of nitrogens with one attached hydrogen (secondary N) is 1. The molecule has 0 aromatic heterocycles. The van der Waals surface area contributed by atoms with E-state index in [1.807, 2.05) is 0 Å². The zero-order valence-corrected chi connectivity index (χ0v) is 9.60. The predicted octanol–water partition coefficient (Wildman–Crippen LogP) is 1.29. The van der Waals surface area contributed by atoms with Crippen LogP contribution in [0.3, 0.4) is 0 Å². The van der Waals surface area contributed by atoms with Crippen LogP contribution in [0, 0.1) is 0 Å². The molecule has 0 atom stereocenters. The second-order valence-electron chi connectivity index (χ2n) is 3.45. The molecule has 0 saturated heterocycles. The predicted molar refractivity (Wildman–Crippen MR) is 62.2 cm³/mol. The van der Waals surface area contributed by atoms with Gasteiger partial charge < -0.3 is 15.2 Å². The summed E-state index contributed by atoms with van der Waals surface area (Å²) in [5.41, 5.74) is 0.449. The smallest absolute Gasteiger partial charge is 0.303 e. The molecule has 0 saturated carbocycles. The van der Waals surface area contributed by atoms with E-state index in [2.05, 4.69) is 5.32 Å². The van der Waals surface area contributed by atoms with Crippen molar-refractivity contribution in [3.05, 3.63) is 29.8 Å². The molecule has 5 heteroatoms. The van der Waals surface area contributed by atoms with E-state index in [1.54, 1.807) is 24.3 Å². The number of rotatable bonds is 6. The van der Waals surface area contributed by atoms with Crippen molar-refractivity contribution in [3.8, 4) is 5.75 Å². The number of hydrogen-bond donors (Lipinski definition) is 2. The van der Waals surface area contributed by atoms with Gasteiger partial charge in [-0.1, -0.05) is 12.1 Å². The fourth-order valence-electron chi connectivity index (χ4n) is 1.37. The van der Waals surface area contributed by atoms with Crippen LogP contribution >= 0.6 is 0 Å².